The van der Waals surface area contributed by atoms with E-state index < -0.39 is 6.04 Å². The molecule has 1 aromatic carbocycles. The van der Waals surface area contributed by atoms with Crippen molar-refractivity contribution in [2.75, 3.05) is 7.05 Å². The zero-order chi connectivity index (χ0) is 13.3. The number of rotatable bonds is 4. The number of benzene rings is 1. The van der Waals surface area contributed by atoms with Crippen LogP contribution < -0.4 is 5.73 Å². The molecule has 3 nitrogen and oxygen atoms in total. The van der Waals surface area contributed by atoms with Crippen LogP contribution in [-0.2, 0) is 4.79 Å². The Morgan fingerprint density at radius 2 is 1.89 bits per heavy atom. The number of hydrogen-bond donors (Lipinski definition) is 1. The first kappa shape index (κ1) is 13.1. The molecule has 0 heterocycles. The second-order valence-electron chi connectivity index (χ2n) is 5.42. The van der Waals surface area contributed by atoms with E-state index in [0.29, 0.717) is 12.0 Å². The maximum absolute atomic E-state index is 12.3. The van der Waals surface area contributed by atoms with Crippen molar-refractivity contribution in [2.24, 2.45) is 11.7 Å². The summed E-state index contributed by atoms with van der Waals surface area (Å²) in [6.07, 6.45) is 2.47. The molecule has 18 heavy (non-hydrogen) atoms. The highest BCUT2D eigenvalue weighted by molar-refractivity contribution is 5.83. The zero-order valence-electron chi connectivity index (χ0n) is 11.4. The van der Waals surface area contributed by atoms with Gasteiger partial charge in [0, 0.05) is 13.1 Å². The van der Waals surface area contributed by atoms with Gasteiger partial charge in [-0.05, 0) is 38.2 Å². The number of carbonyl (C=O) groups is 1. The normalized spacial score (nSPS) is 18.2. The molecule has 1 aromatic rings. The van der Waals surface area contributed by atoms with Crippen LogP contribution in [0.2, 0.25) is 0 Å². The third-order valence-corrected chi connectivity index (χ3v) is 3.97. The SMILES string of the molecule is Cc1ccc(C(N)C(=O)N(C)C(C)C2CC2)cc1. The van der Waals surface area contributed by atoms with Crippen molar-refractivity contribution in [3.05, 3.63) is 35.4 Å². The molecule has 1 aliphatic rings. The molecule has 2 N–H and O–H groups in total. The van der Waals surface area contributed by atoms with Crippen molar-refractivity contribution in [1.82, 2.24) is 4.90 Å². The molecule has 3 heteroatoms. The molecule has 0 aromatic heterocycles. The van der Waals surface area contributed by atoms with Gasteiger partial charge in [-0.15, -0.1) is 0 Å². The summed E-state index contributed by atoms with van der Waals surface area (Å²) in [5, 5.41) is 0. The highest BCUT2D eigenvalue weighted by Crippen LogP contribution is 2.35. The van der Waals surface area contributed by atoms with Crippen LogP contribution in [0.1, 0.15) is 36.9 Å². The van der Waals surface area contributed by atoms with Gasteiger partial charge in [-0.2, -0.15) is 0 Å². The third kappa shape index (κ3) is 2.72. The summed E-state index contributed by atoms with van der Waals surface area (Å²) in [7, 11) is 1.86. The Hall–Kier alpha value is -1.35. The molecular weight excluding hydrogens is 224 g/mol. The Morgan fingerprint density at radius 3 is 2.39 bits per heavy atom. The van der Waals surface area contributed by atoms with Gasteiger partial charge in [0.1, 0.15) is 6.04 Å². The first-order chi connectivity index (χ1) is 8.50. The number of nitrogens with zero attached hydrogens (tertiary/aromatic N) is 1. The van der Waals surface area contributed by atoms with Gasteiger partial charge in [-0.3, -0.25) is 4.79 Å². The largest absolute Gasteiger partial charge is 0.341 e. The monoisotopic (exact) mass is 246 g/mol. The second kappa shape index (κ2) is 5.11. The van der Waals surface area contributed by atoms with Crippen molar-refractivity contribution in [2.45, 2.75) is 38.8 Å². The lowest BCUT2D eigenvalue weighted by atomic mass is 10.0. The number of hydrogen-bond acceptors (Lipinski definition) is 2. The van der Waals surface area contributed by atoms with Crippen molar-refractivity contribution in [3.63, 3.8) is 0 Å². The standard InChI is InChI=1S/C15H22N2O/c1-10-4-6-13(7-5-10)14(16)15(18)17(3)11(2)12-8-9-12/h4-7,11-12,14H,8-9,16H2,1-3H3. The highest BCUT2D eigenvalue weighted by Gasteiger charge is 2.34. The summed E-state index contributed by atoms with van der Waals surface area (Å²) in [4.78, 5) is 14.1. The molecule has 2 unspecified atom stereocenters. The van der Waals surface area contributed by atoms with E-state index >= 15 is 0 Å². The number of likely N-dealkylation sites (N-methyl/N-ethyl adjacent to an activating group) is 1. The van der Waals surface area contributed by atoms with E-state index in [2.05, 4.69) is 6.92 Å². The van der Waals surface area contributed by atoms with Gasteiger partial charge in [0.2, 0.25) is 5.91 Å². The van der Waals surface area contributed by atoms with Crippen LogP contribution in [0.3, 0.4) is 0 Å². The molecule has 0 bridgehead atoms. The van der Waals surface area contributed by atoms with E-state index in [4.69, 9.17) is 5.73 Å². The van der Waals surface area contributed by atoms with E-state index in [-0.39, 0.29) is 5.91 Å². The Labute approximate surface area is 109 Å². The third-order valence-electron chi connectivity index (χ3n) is 3.97. The molecule has 1 saturated carbocycles. The van der Waals surface area contributed by atoms with Crippen LogP contribution in [0.4, 0.5) is 0 Å². The van der Waals surface area contributed by atoms with Crippen molar-refractivity contribution in [3.8, 4) is 0 Å². The topological polar surface area (TPSA) is 46.3 Å². The van der Waals surface area contributed by atoms with Crippen LogP contribution >= 0.6 is 0 Å². The minimum Gasteiger partial charge on any atom is -0.341 e. The highest BCUT2D eigenvalue weighted by atomic mass is 16.2. The van der Waals surface area contributed by atoms with Crippen LogP contribution in [0.25, 0.3) is 0 Å². The molecule has 0 spiro atoms. The van der Waals surface area contributed by atoms with Gasteiger partial charge >= 0.3 is 0 Å². The van der Waals surface area contributed by atoms with Gasteiger partial charge in [0.25, 0.3) is 0 Å². The smallest absolute Gasteiger partial charge is 0.244 e. The van der Waals surface area contributed by atoms with Crippen LogP contribution in [0.5, 0.6) is 0 Å². The number of nitrogens with two attached hydrogens (primary N) is 1. The quantitative estimate of drug-likeness (QED) is 0.885. The first-order valence-electron chi connectivity index (χ1n) is 6.59. The summed E-state index contributed by atoms with van der Waals surface area (Å²) in [6.45, 7) is 4.13. The van der Waals surface area contributed by atoms with Crippen LogP contribution in [-0.4, -0.2) is 23.9 Å². The summed E-state index contributed by atoms with van der Waals surface area (Å²) >= 11 is 0. The van der Waals surface area contributed by atoms with Crippen molar-refractivity contribution in [1.29, 1.82) is 0 Å². The predicted molar refractivity (Wildman–Crippen MR) is 73.1 cm³/mol. The second-order valence-corrected chi connectivity index (χ2v) is 5.42. The molecule has 2 atom stereocenters. The lowest BCUT2D eigenvalue weighted by molar-refractivity contribution is -0.133. The van der Waals surface area contributed by atoms with Gasteiger partial charge in [-0.1, -0.05) is 29.8 Å². The van der Waals surface area contributed by atoms with Gasteiger partial charge in [-0.25, -0.2) is 0 Å². The summed E-state index contributed by atoms with van der Waals surface area (Å²) in [5.74, 6) is 0.683. The lowest BCUT2D eigenvalue weighted by Crippen LogP contribution is -2.42. The van der Waals surface area contributed by atoms with E-state index in [1.165, 1.54) is 18.4 Å². The first-order valence-corrected chi connectivity index (χ1v) is 6.59. The lowest BCUT2D eigenvalue weighted by Gasteiger charge is -2.27. The molecule has 1 fully saturated rings. The fourth-order valence-corrected chi connectivity index (χ4v) is 2.23. The van der Waals surface area contributed by atoms with Crippen LogP contribution in [0, 0.1) is 12.8 Å². The molecule has 0 radical (unpaired) electrons. The zero-order valence-corrected chi connectivity index (χ0v) is 11.4. The van der Waals surface area contributed by atoms with E-state index in [1.54, 1.807) is 0 Å². The van der Waals surface area contributed by atoms with E-state index in [0.717, 1.165) is 5.56 Å². The molecule has 1 amide bonds. The van der Waals surface area contributed by atoms with E-state index in [9.17, 15) is 4.79 Å². The number of amides is 1. The summed E-state index contributed by atoms with van der Waals surface area (Å²) < 4.78 is 0. The van der Waals surface area contributed by atoms with Gasteiger partial charge < -0.3 is 10.6 Å². The maximum atomic E-state index is 12.3. The fraction of sp³-hybridized carbons (Fsp3) is 0.533. The molecule has 98 valence electrons. The molecule has 0 aliphatic heterocycles. The minimum atomic E-state index is -0.545. The molecule has 1 aliphatic carbocycles. The Balaban J connectivity index is 2.05. The Bertz CT molecular complexity index is 423. The van der Waals surface area contributed by atoms with Crippen molar-refractivity contribution >= 4 is 5.91 Å². The van der Waals surface area contributed by atoms with E-state index in [1.807, 2.05) is 43.1 Å². The minimum absolute atomic E-state index is 0.0123. The fourth-order valence-electron chi connectivity index (χ4n) is 2.23. The number of aryl methyl sites for hydroxylation is 1. The van der Waals surface area contributed by atoms with Crippen LogP contribution in [0.15, 0.2) is 24.3 Å². The predicted octanol–water partition coefficient (Wildman–Crippen LogP) is 2.25. The van der Waals surface area contributed by atoms with Crippen molar-refractivity contribution < 1.29 is 4.79 Å². The van der Waals surface area contributed by atoms with Gasteiger partial charge in [0.15, 0.2) is 0 Å². The number of carbonyl (C=O) groups excluding carboxylic acids is 1. The summed E-state index contributed by atoms with van der Waals surface area (Å²) in [5.41, 5.74) is 8.12. The summed E-state index contributed by atoms with van der Waals surface area (Å²) in [6, 6.07) is 7.62. The average molecular weight is 246 g/mol. The average Bonchev–Trinajstić information content (AvgIpc) is 3.20. The molecule has 2 rings (SSSR count). The van der Waals surface area contributed by atoms with Gasteiger partial charge in [0.05, 0.1) is 0 Å². The maximum Gasteiger partial charge on any atom is 0.244 e. The molecule has 0 saturated heterocycles. The molecular formula is C15H22N2O. The Morgan fingerprint density at radius 1 is 1.33 bits per heavy atom. The Kier molecular flexibility index (Phi) is 3.71.